The molecule has 7 rings (SSSR count). The zero-order valence-corrected chi connectivity index (χ0v) is 44.5. The molecule has 5 atom stereocenters. The number of halogens is 4. The van der Waals surface area contributed by atoms with Gasteiger partial charge in [-0.3, -0.25) is 28.8 Å². The number of imidazole rings is 1. The monoisotopic (exact) mass is 1100 g/mol. The van der Waals surface area contributed by atoms with E-state index in [0.29, 0.717) is 49.2 Å². The predicted octanol–water partition coefficient (Wildman–Crippen LogP) is 5.81. The maximum atomic E-state index is 15.4. The smallest absolute Gasteiger partial charge is 0.471 e. The Morgan fingerprint density at radius 2 is 1.62 bits per heavy atom. The van der Waals surface area contributed by atoms with Crippen molar-refractivity contribution in [1.29, 1.82) is 0 Å². The normalized spacial score (nSPS) is 18.0. The minimum atomic E-state index is -4.85. The molecule has 24 heteroatoms. The molecule has 2 saturated heterocycles. The Balaban J connectivity index is 0.798. The first kappa shape index (κ1) is 58.2. The van der Waals surface area contributed by atoms with E-state index in [1.807, 2.05) is 52.0 Å². The van der Waals surface area contributed by atoms with E-state index in [-0.39, 0.29) is 81.5 Å². The first-order valence-corrected chi connectivity index (χ1v) is 26.5. The summed E-state index contributed by atoms with van der Waals surface area (Å²) in [6.45, 7) is 8.14. The number of amides is 6. The van der Waals surface area contributed by atoms with Gasteiger partial charge in [-0.25, -0.2) is 19.3 Å². The lowest BCUT2D eigenvalue weighted by Gasteiger charge is -2.35. The molecule has 5 heterocycles. The van der Waals surface area contributed by atoms with E-state index in [9.17, 15) is 47.0 Å². The Hall–Kier alpha value is -7.47. The number of β-amino-alcohol motifs (C(OH)–C–C–N with tert-alkyl or cyclic N) is 1. The molecule has 0 spiro atoms. The first-order valence-electron chi connectivity index (χ1n) is 25.6. The van der Waals surface area contributed by atoms with Crippen molar-refractivity contribution >= 4 is 46.8 Å². The molecule has 2 fully saturated rings. The lowest BCUT2D eigenvalue weighted by Crippen LogP contribution is -2.57. The maximum Gasteiger partial charge on any atom is 0.573 e. The lowest BCUT2D eigenvalue weighted by molar-refractivity contribution is -0.274. The van der Waals surface area contributed by atoms with E-state index in [0.717, 1.165) is 33.8 Å². The topological polar surface area (TPSA) is 253 Å². The van der Waals surface area contributed by atoms with Gasteiger partial charge in [-0.15, -0.1) is 24.5 Å². The lowest BCUT2D eigenvalue weighted by atomic mass is 9.85. The number of rotatable bonds is 22. The van der Waals surface area contributed by atoms with E-state index >= 15 is 4.39 Å². The molecule has 0 aliphatic carbocycles. The van der Waals surface area contributed by atoms with E-state index in [2.05, 4.69) is 35.6 Å². The molecule has 2 aromatic carbocycles. The van der Waals surface area contributed by atoms with Gasteiger partial charge >= 0.3 is 6.36 Å². The number of aromatic nitrogens is 4. The number of ether oxygens (including phenoxy) is 2. The second-order valence-corrected chi connectivity index (χ2v) is 21.3. The molecule has 0 radical (unpaired) electrons. The van der Waals surface area contributed by atoms with Gasteiger partial charge in [0, 0.05) is 76.4 Å². The first-order chi connectivity index (χ1) is 37.0. The maximum absolute atomic E-state index is 15.4. The van der Waals surface area contributed by atoms with Crippen molar-refractivity contribution in [3.8, 4) is 33.3 Å². The summed E-state index contributed by atoms with van der Waals surface area (Å²) in [7, 11) is 0. The van der Waals surface area contributed by atoms with Crippen LogP contribution in [0, 0.1) is 12.3 Å². The summed E-state index contributed by atoms with van der Waals surface area (Å²) in [6.07, 6.45) is -2.16. The highest BCUT2D eigenvalue weighted by Gasteiger charge is 2.44. The average Bonchev–Trinajstić information content (AvgIpc) is 4.21. The van der Waals surface area contributed by atoms with Crippen molar-refractivity contribution in [2.75, 3.05) is 26.2 Å². The number of nitrogens with two attached hydrogens (primary N) is 1. The second kappa shape index (κ2) is 25.8. The number of likely N-dealkylation sites (tertiary alicyclic amines) is 2. The van der Waals surface area contributed by atoms with Crippen LogP contribution in [-0.2, 0) is 43.5 Å². The highest BCUT2D eigenvalue weighted by molar-refractivity contribution is 7.13. The zero-order valence-electron chi connectivity index (χ0n) is 43.7. The molecular formula is C54H64F4N10O9S. The number of hydrogen-bond acceptors (Lipinski definition) is 13. The molecule has 6 N–H and O–H groups in total. The predicted molar refractivity (Wildman–Crippen MR) is 279 cm³/mol. The fourth-order valence-corrected chi connectivity index (χ4v) is 9.95. The standard InChI is InChI=1S/C54H64F4N10O9S/c1-32-47(78-31-64-32)35-14-10-34(11-15-35)25-61-50(74)42-24-37(69)27-68(42)52(75)48(53(2,3)4)65-45(71)8-5-6-19-60-44(70)9-7-20-66-29-41(63-30-66)36-23-39(49(59)73)51(62-26-36)76-43-18-21-67(28-40(43)55)46(72)22-33-12-16-38(17-13-33)77-54(56,57)58/h10-17,23,26,29-31,37,40,42-43,48,69H,5-9,18-22,24-25,27-28H2,1-4H3,(H2,59,73)(H,60,70)(H,61,74)(H,65,71)/t37-,40-,42+,43-,48?/m1/s1. The summed E-state index contributed by atoms with van der Waals surface area (Å²) < 4.78 is 64.3. The molecule has 3 aromatic heterocycles. The quantitative estimate of drug-likeness (QED) is 0.0407. The number of hydrogen-bond donors (Lipinski definition) is 5. The zero-order chi connectivity index (χ0) is 56.3. The number of thiazole rings is 1. The number of nitrogens with one attached hydrogen (secondary N) is 3. The fraction of sp³-hybridized carbons (Fsp3) is 0.463. The summed E-state index contributed by atoms with van der Waals surface area (Å²) in [6, 6.07) is 12.2. The van der Waals surface area contributed by atoms with Crippen molar-refractivity contribution in [1.82, 2.24) is 45.3 Å². The summed E-state index contributed by atoms with van der Waals surface area (Å²) in [5, 5.41) is 19.2. The van der Waals surface area contributed by atoms with Crippen LogP contribution in [0.3, 0.4) is 0 Å². The number of aliphatic hydroxyl groups is 1. The molecule has 6 amide bonds. The van der Waals surface area contributed by atoms with Crippen LogP contribution in [0.4, 0.5) is 17.6 Å². The van der Waals surface area contributed by atoms with Crippen LogP contribution in [0.5, 0.6) is 11.6 Å². The van der Waals surface area contributed by atoms with E-state index < -0.39 is 71.6 Å². The molecular weight excluding hydrogens is 1040 g/mol. The van der Waals surface area contributed by atoms with Crippen molar-refractivity contribution in [3.63, 3.8) is 0 Å². The number of aryl methyl sites for hydroxylation is 2. The van der Waals surface area contributed by atoms with Crippen LogP contribution in [-0.4, -0.2) is 133 Å². The number of piperidine rings is 1. The number of carbonyl (C=O) groups excluding carboxylic acids is 6. The molecule has 418 valence electrons. The highest BCUT2D eigenvalue weighted by Crippen LogP contribution is 2.31. The summed E-state index contributed by atoms with van der Waals surface area (Å²) in [5.74, 6) is -3.32. The van der Waals surface area contributed by atoms with Crippen LogP contribution >= 0.6 is 11.3 Å². The molecule has 0 saturated carbocycles. The summed E-state index contributed by atoms with van der Waals surface area (Å²) in [4.78, 5) is 95.5. The Labute approximate surface area is 452 Å². The van der Waals surface area contributed by atoms with Crippen LogP contribution < -0.4 is 31.2 Å². The second-order valence-electron chi connectivity index (χ2n) is 20.5. The van der Waals surface area contributed by atoms with Crippen LogP contribution in [0.25, 0.3) is 21.7 Å². The number of carbonyl (C=O) groups is 6. The van der Waals surface area contributed by atoms with Gasteiger partial charge in [0.2, 0.25) is 35.4 Å². The minimum Gasteiger partial charge on any atom is -0.471 e. The number of unbranched alkanes of at least 4 members (excludes halogenated alkanes) is 1. The van der Waals surface area contributed by atoms with E-state index in [4.69, 9.17) is 10.5 Å². The van der Waals surface area contributed by atoms with Crippen molar-refractivity contribution in [2.24, 2.45) is 11.1 Å². The van der Waals surface area contributed by atoms with E-state index in [1.54, 1.807) is 33.9 Å². The van der Waals surface area contributed by atoms with Crippen LogP contribution in [0.1, 0.15) is 92.9 Å². The third-order valence-electron chi connectivity index (χ3n) is 13.3. The Morgan fingerprint density at radius 1 is 0.897 bits per heavy atom. The summed E-state index contributed by atoms with van der Waals surface area (Å²) in [5.41, 5.74) is 10.8. The third-order valence-corrected chi connectivity index (χ3v) is 14.3. The summed E-state index contributed by atoms with van der Waals surface area (Å²) >= 11 is 1.55. The SMILES string of the molecule is Cc1ncsc1-c1ccc(CNC(=O)[C@@H]2C[C@@H](O)CN2C(=O)C(NC(=O)CCCCNC(=O)CCCn2cnc(-c3cnc(O[C@@H]4CCN(C(=O)Cc5ccc(OC(F)(F)F)cc5)C[C@H]4F)c(C(N)=O)c3)c2)C(C)(C)C)cc1. The molecule has 2 aliphatic rings. The minimum absolute atomic E-state index is 0.0426. The third kappa shape index (κ3) is 16.1. The van der Waals surface area contributed by atoms with Gasteiger partial charge in [0.25, 0.3) is 5.91 Å². The Bertz CT molecular complexity index is 2910. The number of alkyl halides is 4. The van der Waals surface area contributed by atoms with E-state index in [1.165, 1.54) is 34.2 Å². The van der Waals surface area contributed by atoms with Crippen LogP contribution in [0.2, 0.25) is 0 Å². The molecule has 1 unspecified atom stereocenters. The highest BCUT2D eigenvalue weighted by atomic mass is 32.1. The average molecular weight is 1110 g/mol. The van der Waals surface area contributed by atoms with Crippen molar-refractivity contribution < 1.29 is 60.9 Å². The number of primary amides is 1. The number of pyridine rings is 1. The molecule has 5 aromatic rings. The fourth-order valence-electron chi connectivity index (χ4n) is 9.14. The molecule has 78 heavy (non-hydrogen) atoms. The van der Waals surface area contributed by atoms with Gasteiger partial charge in [-0.1, -0.05) is 57.2 Å². The van der Waals surface area contributed by atoms with Gasteiger partial charge in [0.05, 0.1) is 47.2 Å². The van der Waals surface area contributed by atoms with Crippen molar-refractivity contribution in [2.45, 2.75) is 129 Å². The van der Waals surface area contributed by atoms with Gasteiger partial charge < -0.3 is 50.6 Å². The number of nitrogens with zero attached hydrogens (tertiary/aromatic N) is 6. The Morgan fingerprint density at radius 3 is 2.28 bits per heavy atom. The molecule has 2 aliphatic heterocycles. The molecule has 19 nitrogen and oxygen atoms in total. The van der Waals surface area contributed by atoms with Gasteiger partial charge in [0.1, 0.15) is 29.5 Å². The number of aliphatic hydroxyl groups excluding tert-OH is 1. The van der Waals surface area contributed by atoms with Gasteiger partial charge in [-0.2, -0.15) is 0 Å². The van der Waals surface area contributed by atoms with Gasteiger partial charge in [0.15, 0.2) is 6.17 Å². The van der Waals surface area contributed by atoms with Gasteiger partial charge in [-0.05, 0) is 66.5 Å². The number of benzene rings is 2. The van der Waals surface area contributed by atoms with Crippen molar-refractivity contribution in [3.05, 3.63) is 101 Å². The Kier molecular flexibility index (Phi) is 19.2. The molecule has 0 bridgehead atoms. The largest absolute Gasteiger partial charge is 0.573 e. The van der Waals surface area contributed by atoms with Crippen LogP contribution in [0.15, 0.2) is 78.8 Å².